The van der Waals surface area contributed by atoms with Crippen LogP contribution < -0.4 is 5.14 Å². The third kappa shape index (κ3) is 3.85. The molecule has 0 saturated heterocycles. The van der Waals surface area contributed by atoms with Crippen LogP contribution >= 0.6 is 11.6 Å². The molecule has 4 rings (SSSR count). The summed E-state index contributed by atoms with van der Waals surface area (Å²) in [6.07, 6.45) is 0. The molecule has 0 bridgehead atoms. The smallest absolute Gasteiger partial charge is 0.231 e. The van der Waals surface area contributed by atoms with Gasteiger partial charge in [-0.1, -0.05) is 35.9 Å². The van der Waals surface area contributed by atoms with Crippen molar-refractivity contribution in [1.29, 1.82) is 0 Å². The summed E-state index contributed by atoms with van der Waals surface area (Å²) in [7, 11) is -4.05. The fraction of sp³-hybridized carbons (Fsp3) is 0. The van der Waals surface area contributed by atoms with Gasteiger partial charge in [-0.3, -0.25) is 0 Å². The molecule has 4 aromatic rings. The van der Waals surface area contributed by atoms with Crippen LogP contribution in [0, 0.1) is 11.6 Å². The van der Waals surface area contributed by atoms with Crippen molar-refractivity contribution >= 4 is 21.6 Å². The minimum absolute atomic E-state index is 0.125. The molecule has 0 aliphatic rings. The number of nitrogens with zero attached hydrogens (tertiary/aromatic N) is 2. The lowest BCUT2D eigenvalue weighted by molar-refractivity contribution is 0.509. The number of sulfonamides is 1. The topological polar surface area (TPSA) is 78.0 Å². The Morgan fingerprint density at radius 1 is 0.867 bits per heavy atom. The Hall–Kier alpha value is -3.07. The highest BCUT2D eigenvalue weighted by molar-refractivity contribution is 7.89. The number of para-hydroxylation sites is 1. The van der Waals surface area contributed by atoms with Gasteiger partial charge in [-0.2, -0.15) is 5.10 Å². The maximum absolute atomic E-state index is 13.8. The summed E-state index contributed by atoms with van der Waals surface area (Å²) < 4.78 is 52.7. The van der Waals surface area contributed by atoms with Gasteiger partial charge in [-0.25, -0.2) is 27.0 Å². The molecular formula is C21H14ClF2N3O2S. The van der Waals surface area contributed by atoms with E-state index in [1.54, 1.807) is 48.5 Å². The van der Waals surface area contributed by atoms with E-state index >= 15 is 0 Å². The van der Waals surface area contributed by atoms with Crippen LogP contribution in [0.5, 0.6) is 0 Å². The lowest BCUT2D eigenvalue weighted by Gasteiger charge is -2.11. The quantitative estimate of drug-likeness (QED) is 0.490. The van der Waals surface area contributed by atoms with E-state index in [9.17, 15) is 17.2 Å². The Labute approximate surface area is 176 Å². The van der Waals surface area contributed by atoms with Crippen LogP contribution in [0.1, 0.15) is 0 Å². The first-order chi connectivity index (χ1) is 14.2. The summed E-state index contributed by atoms with van der Waals surface area (Å²) in [6.45, 7) is 0. The van der Waals surface area contributed by atoms with Gasteiger partial charge in [0, 0.05) is 16.1 Å². The lowest BCUT2D eigenvalue weighted by Crippen LogP contribution is -2.16. The van der Waals surface area contributed by atoms with Gasteiger partial charge in [-0.05, 0) is 48.5 Å². The van der Waals surface area contributed by atoms with Crippen LogP contribution in [0.25, 0.3) is 28.2 Å². The van der Waals surface area contributed by atoms with Crippen LogP contribution in [-0.4, -0.2) is 18.2 Å². The van der Waals surface area contributed by atoms with Crippen molar-refractivity contribution in [3.05, 3.63) is 89.5 Å². The highest BCUT2D eigenvalue weighted by atomic mass is 35.5. The van der Waals surface area contributed by atoms with E-state index < -0.39 is 21.7 Å². The van der Waals surface area contributed by atoms with E-state index in [2.05, 4.69) is 5.10 Å². The van der Waals surface area contributed by atoms with Crippen LogP contribution in [0.2, 0.25) is 5.02 Å². The predicted octanol–water partition coefficient (Wildman–Crippen LogP) is 4.79. The summed E-state index contributed by atoms with van der Waals surface area (Å²) in [5.74, 6) is -1.99. The second kappa shape index (κ2) is 7.64. The molecule has 1 aromatic heterocycles. The Morgan fingerprint density at radius 2 is 1.53 bits per heavy atom. The molecule has 0 fully saturated rings. The van der Waals surface area contributed by atoms with E-state index in [-0.39, 0.29) is 10.6 Å². The Balaban J connectivity index is 1.99. The molecule has 0 atom stereocenters. The van der Waals surface area contributed by atoms with Crippen molar-refractivity contribution in [2.45, 2.75) is 4.90 Å². The average Bonchev–Trinajstić information content (AvgIpc) is 3.15. The van der Waals surface area contributed by atoms with Crippen LogP contribution in [0.3, 0.4) is 0 Å². The third-order valence-electron chi connectivity index (χ3n) is 4.46. The molecular weight excluding hydrogens is 432 g/mol. The molecule has 0 spiro atoms. The predicted molar refractivity (Wildman–Crippen MR) is 111 cm³/mol. The number of halogens is 3. The molecule has 0 amide bonds. The second-order valence-corrected chi connectivity index (χ2v) is 8.44. The Kier molecular flexibility index (Phi) is 5.15. The molecule has 5 nitrogen and oxygen atoms in total. The van der Waals surface area contributed by atoms with E-state index in [1.807, 2.05) is 0 Å². The maximum Gasteiger partial charge on any atom is 0.240 e. The highest BCUT2D eigenvalue weighted by Crippen LogP contribution is 2.32. The number of hydrogen-bond acceptors (Lipinski definition) is 3. The molecule has 3 aromatic carbocycles. The zero-order chi connectivity index (χ0) is 21.5. The second-order valence-electron chi connectivity index (χ2n) is 6.48. The SMILES string of the molecule is NS(=O)(=O)c1ccccc1-n1nc(-c2ccc(F)c(F)c2)cc1-c1ccc(Cl)cc1. The average molecular weight is 446 g/mol. The fourth-order valence-corrected chi connectivity index (χ4v) is 3.90. The summed E-state index contributed by atoms with van der Waals surface area (Å²) in [5, 5.41) is 10.4. The van der Waals surface area contributed by atoms with Crippen molar-refractivity contribution in [1.82, 2.24) is 9.78 Å². The fourth-order valence-electron chi connectivity index (χ4n) is 3.06. The Morgan fingerprint density at radius 3 is 2.20 bits per heavy atom. The summed E-state index contributed by atoms with van der Waals surface area (Å²) in [5.41, 5.74) is 2.07. The van der Waals surface area contributed by atoms with Gasteiger partial charge in [-0.15, -0.1) is 0 Å². The zero-order valence-electron chi connectivity index (χ0n) is 15.3. The van der Waals surface area contributed by atoms with Gasteiger partial charge >= 0.3 is 0 Å². The van der Waals surface area contributed by atoms with Crippen LogP contribution in [0.15, 0.2) is 77.7 Å². The van der Waals surface area contributed by atoms with Crippen molar-refractivity contribution < 1.29 is 17.2 Å². The van der Waals surface area contributed by atoms with Crippen molar-refractivity contribution in [3.63, 3.8) is 0 Å². The van der Waals surface area contributed by atoms with E-state index in [1.165, 1.54) is 16.8 Å². The Bertz CT molecular complexity index is 1350. The monoisotopic (exact) mass is 445 g/mol. The largest absolute Gasteiger partial charge is 0.240 e. The molecule has 152 valence electrons. The summed E-state index contributed by atoms with van der Waals surface area (Å²) in [4.78, 5) is -0.125. The third-order valence-corrected chi connectivity index (χ3v) is 5.67. The summed E-state index contributed by atoms with van der Waals surface area (Å²) in [6, 6.07) is 18.0. The zero-order valence-corrected chi connectivity index (χ0v) is 16.8. The normalized spacial score (nSPS) is 11.6. The first kappa shape index (κ1) is 20.2. The maximum atomic E-state index is 13.8. The van der Waals surface area contributed by atoms with Crippen LogP contribution in [0.4, 0.5) is 8.78 Å². The van der Waals surface area contributed by atoms with Crippen LogP contribution in [-0.2, 0) is 10.0 Å². The van der Waals surface area contributed by atoms with Crippen molar-refractivity contribution in [3.8, 4) is 28.2 Å². The number of benzene rings is 3. The molecule has 2 N–H and O–H groups in total. The molecule has 0 unspecified atom stereocenters. The minimum atomic E-state index is -4.05. The standard InChI is InChI=1S/C21H14ClF2N3O2S/c22-15-8-5-13(6-9-15)20-12-18(14-7-10-16(23)17(24)11-14)26-27(20)19-3-1-2-4-21(19)30(25,28)29/h1-12H,(H2,25,28,29). The number of nitrogens with two attached hydrogens (primary N) is 1. The number of rotatable bonds is 4. The molecule has 30 heavy (non-hydrogen) atoms. The van der Waals surface area contributed by atoms with Gasteiger partial charge in [0.1, 0.15) is 4.90 Å². The molecule has 0 radical (unpaired) electrons. The van der Waals surface area contributed by atoms with Crippen molar-refractivity contribution in [2.75, 3.05) is 0 Å². The molecule has 0 saturated carbocycles. The van der Waals surface area contributed by atoms with Crippen molar-refractivity contribution in [2.24, 2.45) is 5.14 Å². The molecule has 0 aliphatic heterocycles. The van der Waals surface area contributed by atoms with E-state index in [4.69, 9.17) is 16.7 Å². The van der Waals surface area contributed by atoms with Gasteiger partial charge in [0.15, 0.2) is 11.6 Å². The molecule has 0 aliphatic carbocycles. The first-order valence-corrected chi connectivity index (χ1v) is 10.6. The number of aromatic nitrogens is 2. The van der Waals surface area contributed by atoms with Gasteiger partial charge in [0.2, 0.25) is 10.0 Å². The van der Waals surface area contributed by atoms with Gasteiger partial charge in [0.25, 0.3) is 0 Å². The van der Waals surface area contributed by atoms with E-state index in [0.717, 1.165) is 12.1 Å². The highest BCUT2D eigenvalue weighted by Gasteiger charge is 2.20. The first-order valence-electron chi connectivity index (χ1n) is 8.68. The van der Waals surface area contributed by atoms with E-state index in [0.29, 0.717) is 27.5 Å². The van der Waals surface area contributed by atoms with Gasteiger partial charge in [0.05, 0.1) is 17.1 Å². The minimum Gasteiger partial charge on any atom is -0.231 e. The lowest BCUT2D eigenvalue weighted by atomic mass is 10.1. The van der Waals surface area contributed by atoms with Gasteiger partial charge < -0.3 is 0 Å². The summed E-state index contributed by atoms with van der Waals surface area (Å²) >= 11 is 5.98. The number of hydrogen-bond donors (Lipinski definition) is 1. The molecule has 1 heterocycles. The number of primary sulfonamides is 1. The molecule has 9 heteroatoms.